The van der Waals surface area contributed by atoms with Crippen LogP contribution in [0, 0.1) is 0 Å². The molecule has 1 heterocycles. The molecule has 1 aromatic rings. The van der Waals surface area contributed by atoms with Crippen LogP contribution < -0.4 is 9.62 Å². The molecule has 0 radical (unpaired) electrons. The summed E-state index contributed by atoms with van der Waals surface area (Å²) < 4.78 is 25.4. The summed E-state index contributed by atoms with van der Waals surface area (Å²) in [5.41, 5.74) is 1.05. The number of hydrogen-bond donors (Lipinski definition) is 1. The van der Waals surface area contributed by atoms with Crippen molar-refractivity contribution in [2.75, 3.05) is 20.8 Å². The zero-order valence-corrected chi connectivity index (χ0v) is 12.0. The van der Waals surface area contributed by atoms with Crippen LogP contribution in [0.25, 0.3) is 0 Å². The molecule has 0 spiro atoms. The molecule has 0 aromatic heterocycles. The molecule has 1 aliphatic heterocycles. The van der Waals surface area contributed by atoms with Gasteiger partial charge in [0.15, 0.2) is 0 Å². The maximum Gasteiger partial charge on any atom is 0.242 e. The molecule has 7 heteroatoms. The van der Waals surface area contributed by atoms with Crippen molar-refractivity contribution >= 4 is 43.2 Å². The van der Waals surface area contributed by atoms with Crippen molar-refractivity contribution in [3.05, 3.63) is 24.3 Å². The van der Waals surface area contributed by atoms with Gasteiger partial charge in [-0.2, -0.15) is 0 Å². The largest absolute Gasteiger partial charge is 0.310 e. The predicted molar refractivity (Wildman–Crippen MR) is 74.4 cm³/mol. The second kappa shape index (κ2) is 5.27. The Morgan fingerprint density at radius 1 is 1.33 bits per heavy atom. The third-order valence-corrected chi connectivity index (χ3v) is 5.30. The molecular weight excluding hydrogens is 320 g/mol. The summed E-state index contributed by atoms with van der Waals surface area (Å²) in [6.45, 7) is 0.631. The van der Waals surface area contributed by atoms with E-state index in [9.17, 15) is 13.2 Å². The Hall–Kier alpha value is -1.08. The lowest BCUT2D eigenvalue weighted by Crippen LogP contribution is -2.25. The SMILES string of the molecule is O=C1CCCN1c1ccccc1NS(=O)(=O)CBr. The number of sulfonamides is 1. The summed E-state index contributed by atoms with van der Waals surface area (Å²) in [6, 6.07) is 6.92. The first-order chi connectivity index (χ1) is 8.53. The quantitative estimate of drug-likeness (QED) is 0.856. The van der Waals surface area contributed by atoms with Gasteiger partial charge in [0.25, 0.3) is 0 Å². The second-order valence-electron chi connectivity index (χ2n) is 3.99. The van der Waals surface area contributed by atoms with Gasteiger partial charge in [0.1, 0.15) is 4.66 Å². The van der Waals surface area contributed by atoms with E-state index in [0.29, 0.717) is 24.3 Å². The van der Waals surface area contributed by atoms with E-state index in [0.717, 1.165) is 6.42 Å². The highest BCUT2D eigenvalue weighted by molar-refractivity contribution is 9.10. The zero-order valence-electron chi connectivity index (χ0n) is 9.60. The monoisotopic (exact) mass is 332 g/mol. The molecule has 1 saturated heterocycles. The van der Waals surface area contributed by atoms with Crippen LogP contribution in [0.2, 0.25) is 0 Å². The minimum absolute atomic E-state index is 0.0282. The molecule has 0 atom stereocenters. The Labute approximate surface area is 114 Å². The third-order valence-electron chi connectivity index (χ3n) is 2.68. The standard InChI is InChI=1S/C11H13BrN2O3S/c12-8-18(16,17)13-9-4-1-2-5-10(9)14-7-3-6-11(14)15/h1-2,4-5,13H,3,6-8H2. The molecule has 5 nitrogen and oxygen atoms in total. The highest BCUT2D eigenvalue weighted by atomic mass is 79.9. The average molecular weight is 333 g/mol. The van der Waals surface area contributed by atoms with Crippen LogP contribution >= 0.6 is 15.9 Å². The Kier molecular flexibility index (Phi) is 3.91. The van der Waals surface area contributed by atoms with Gasteiger partial charge in [-0.1, -0.05) is 28.1 Å². The normalized spacial score (nSPS) is 16.1. The number of nitrogens with one attached hydrogen (secondary N) is 1. The van der Waals surface area contributed by atoms with Crippen molar-refractivity contribution in [3.8, 4) is 0 Å². The molecule has 0 saturated carbocycles. The number of nitrogens with zero attached hydrogens (tertiary/aromatic N) is 1. The molecule has 98 valence electrons. The van der Waals surface area contributed by atoms with E-state index in [2.05, 4.69) is 20.7 Å². The number of halogens is 1. The lowest BCUT2D eigenvalue weighted by atomic mass is 10.2. The summed E-state index contributed by atoms with van der Waals surface area (Å²) >= 11 is 2.92. The summed E-state index contributed by atoms with van der Waals surface area (Å²) in [7, 11) is -3.41. The van der Waals surface area contributed by atoms with Gasteiger partial charge in [-0.05, 0) is 18.6 Å². The number of carbonyl (C=O) groups excluding carboxylic acids is 1. The van der Waals surface area contributed by atoms with Gasteiger partial charge in [-0.15, -0.1) is 0 Å². The van der Waals surface area contributed by atoms with Crippen molar-refractivity contribution in [2.24, 2.45) is 0 Å². The van der Waals surface area contributed by atoms with Crippen LogP contribution in [0.5, 0.6) is 0 Å². The first-order valence-corrected chi connectivity index (χ1v) is 8.27. The van der Waals surface area contributed by atoms with Crippen molar-refractivity contribution < 1.29 is 13.2 Å². The van der Waals surface area contributed by atoms with Crippen LogP contribution in [0.1, 0.15) is 12.8 Å². The average Bonchev–Trinajstić information content (AvgIpc) is 2.76. The molecule has 1 aliphatic rings. The van der Waals surface area contributed by atoms with Gasteiger partial charge < -0.3 is 4.90 Å². The molecule has 0 unspecified atom stereocenters. The minimum atomic E-state index is -3.41. The fraction of sp³-hybridized carbons (Fsp3) is 0.364. The van der Waals surface area contributed by atoms with Crippen LogP contribution in [0.3, 0.4) is 0 Å². The number of rotatable bonds is 4. The van der Waals surface area contributed by atoms with E-state index < -0.39 is 10.0 Å². The van der Waals surface area contributed by atoms with E-state index in [4.69, 9.17) is 0 Å². The summed E-state index contributed by atoms with van der Waals surface area (Å²) in [4.78, 5) is 13.3. The lowest BCUT2D eigenvalue weighted by molar-refractivity contribution is -0.117. The van der Waals surface area contributed by atoms with Crippen LogP contribution in [-0.4, -0.2) is 25.5 Å². The van der Waals surface area contributed by atoms with E-state index in [1.807, 2.05) is 0 Å². The van der Waals surface area contributed by atoms with Gasteiger partial charge in [0.2, 0.25) is 15.9 Å². The number of para-hydroxylation sites is 2. The molecular formula is C11H13BrN2O3S. The molecule has 1 aromatic carbocycles. The highest BCUT2D eigenvalue weighted by Gasteiger charge is 2.24. The number of benzene rings is 1. The van der Waals surface area contributed by atoms with E-state index in [1.54, 1.807) is 29.2 Å². The smallest absolute Gasteiger partial charge is 0.242 e. The fourth-order valence-corrected chi connectivity index (χ4v) is 2.80. The van der Waals surface area contributed by atoms with Gasteiger partial charge in [0, 0.05) is 13.0 Å². The summed E-state index contributed by atoms with van der Waals surface area (Å²) in [6.07, 6.45) is 1.32. The first kappa shape index (κ1) is 13.4. The minimum Gasteiger partial charge on any atom is -0.310 e. The van der Waals surface area contributed by atoms with Gasteiger partial charge >= 0.3 is 0 Å². The van der Waals surface area contributed by atoms with Crippen LogP contribution in [0.4, 0.5) is 11.4 Å². The van der Waals surface area contributed by atoms with Crippen LogP contribution in [-0.2, 0) is 14.8 Å². The predicted octanol–water partition coefficient (Wildman–Crippen LogP) is 1.91. The molecule has 1 N–H and O–H groups in total. The fourth-order valence-electron chi connectivity index (χ4n) is 1.89. The third kappa shape index (κ3) is 2.84. The van der Waals surface area contributed by atoms with Crippen molar-refractivity contribution in [1.29, 1.82) is 0 Å². The zero-order chi connectivity index (χ0) is 13.2. The number of alkyl halides is 1. The topological polar surface area (TPSA) is 66.5 Å². The summed E-state index contributed by atoms with van der Waals surface area (Å²) in [5, 5.41) is 0. The van der Waals surface area contributed by atoms with Gasteiger partial charge in [-0.3, -0.25) is 9.52 Å². The molecule has 2 rings (SSSR count). The number of anilines is 2. The highest BCUT2D eigenvalue weighted by Crippen LogP contribution is 2.30. The Balaban J connectivity index is 2.34. The molecule has 1 amide bonds. The van der Waals surface area contributed by atoms with Gasteiger partial charge in [0.05, 0.1) is 11.4 Å². The lowest BCUT2D eigenvalue weighted by Gasteiger charge is -2.20. The molecule has 0 bridgehead atoms. The maximum absolute atomic E-state index is 11.7. The van der Waals surface area contributed by atoms with Crippen LogP contribution in [0.15, 0.2) is 24.3 Å². The number of amides is 1. The Morgan fingerprint density at radius 3 is 2.67 bits per heavy atom. The van der Waals surface area contributed by atoms with Crippen molar-refractivity contribution in [3.63, 3.8) is 0 Å². The van der Waals surface area contributed by atoms with E-state index in [-0.39, 0.29) is 10.6 Å². The molecule has 1 fully saturated rings. The van der Waals surface area contributed by atoms with E-state index >= 15 is 0 Å². The van der Waals surface area contributed by atoms with Crippen molar-refractivity contribution in [2.45, 2.75) is 12.8 Å². The Morgan fingerprint density at radius 2 is 2.06 bits per heavy atom. The maximum atomic E-state index is 11.7. The number of carbonyl (C=O) groups is 1. The van der Waals surface area contributed by atoms with Gasteiger partial charge in [-0.25, -0.2) is 8.42 Å². The van der Waals surface area contributed by atoms with Crippen molar-refractivity contribution in [1.82, 2.24) is 0 Å². The first-order valence-electron chi connectivity index (χ1n) is 5.49. The molecule has 18 heavy (non-hydrogen) atoms. The van der Waals surface area contributed by atoms with E-state index in [1.165, 1.54) is 0 Å². The second-order valence-corrected chi connectivity index (χ2v) is 7.02. The number of hydrogen-bond acceptors (Lipinski definition) is 3. The molecule has 0 aliphatic carbocycles. The summed E-state index contributed by atoms with van der Waals surface area (Å²) in [5.74, 6) is 0.0282. The Bertz CT molecular complexity index is 559.